The first-order valence-electron chi connectivity index (χ1n) is 9.14. The van der Waals surface area contributed by atoms with Gasteiger partial charge >= 0.3 is 0 Å². The minimum absolute atomic E-state index is 0.0578. The van der Waals surface area contributed by atoms with Gasteiger partial charge < -0.3 is 9.64 Å². The van der Waals surface area contributed by atoms with Crippen LogP contribution in [0.15, 0.2) is 54.6 Å². The molecule has 2 aromatic rings. The molecule has 0 aliphatic rings. The summed E-state index contributed by atoms with van der Waals surface area (Å²) in [4.78, 5) is 14.6. The van der Waals surface area contributed by atoms with E-state index >= 15 is 0 Å². The fourth-order valence-corrected chi connectivity index (χ4v) is 3.04. The van der Waals surface area contributed by atoms with Crippen LogP contribution < -0.4 is 4.74 Å². The summed E-state index contributed by atoms with van der Waals surface area (Å²) in [5.74, 6) is 1.12. The molecule has 0 unspecified atom stereocenters. The SMILES string of the molecule is CCN(CC)C(=O)C[C@H](c1ccccc1)c1ccc(OC(C)C)cc1. The quantitative estimate of drug-likeness (QED) is 0.687. The molecule has 0 bridgehead atoms. The Balaban J connectivity index is 2.27. The zero-order valence-electron chi connectivity index (χ0n) is 15.7. The Morgan fingerprint density at radius 2 is 1.48 bits per heavy atom. The van der Waals surface area contributed by atoms with E-state index in [0.29, 0.717) is 6.42 Å². The topological polar surface area (TPSA) is 29.5 Å². The number of ether oxygens (including phenoxy) is 1. The molecule has 2 rings (SSSR count). The Bertz CT molecular complexity index is 645. The Morgan fingerprint density at radius 3 is 2.00 bits per heavy atom. The van der Waals surface area contributed by atoms with Gasteiger partial charge in [0.2, 0.25) is 5.91 Å². The highest BCUT2D eigenvalue weighted by Gasteiger charge is 2.21. The van der Waals surface area contributed by atoms with E-state index in [4.69, 9.17) is 4.74 Å². The summed E-state index contributed by atoms with van der Waals surface area (Å²) >= 11 is 0. The third-order valence-electron chi connectivity index (χ3n) is 4.35. The lowest BCUT2D eigenvalue weighted by Gasteiger charge is -2.24. The van der Waals surface area contributed by atoms with Gasteiger partial charge in [0, 0.05) is 25.4 Å². The van der Waals surface area contributed by atoms with E-state index in [1.807, 2.05) is 62.9 Å². The molecule has 3 heteroatoms. The molecule has 3 nitrogen and oxygen atoms in total. The van der Waals surface area contributed by atoms with Crippen LogP contribution in [0, 0.1) is 0 Å². The third-order valence-corrected chi connectivity index (χ3v) is 4.35. The van der Waals surface area contributed by atoms with Crippen LogP contribution in [0.5, 0.6) is 5.75 Å². The molecule has 1 amide bonds. The van der Waals surface area contributed by atoms with Gasteiger partial charge in [-0.2, -0.15) is 0 Å². The van der Waals surface area contributed by atoms with Crippen LogP contribution in [0.3, 0.4) is 0 Å². The average Bonchev–Trinajstić information content (AvgIpc) is 2.62. The Labute approximate surface area is 151 Å². The van der Waals surface area contributed by atoms with Crippen LogP contribution >= 0.6 is 0 Å². The number of amides is 1. The largest absolute Gasteiger partial charge is 0.491 e. The molecule has 0 N–H and O–H groups in total. The number of nitrogens with zero attached hydrogens (tertiary/aromatic N) is 1. The molecule has 0 radical (unpaired) electrons. The number of hydrogen-bond donors (Lipinski definition) is 0. The molecule has 0 heterocycles. The van der Waals surface area contributed by atoms with E-state index in [-0.39, 0.29) is 17.9 Å². The van der Waals surface area contributed by atoms with Crippen molar-refractivity contribution in [3.8, 4) is 5.75 Å². The first-order chi connectivity index (χ1) is 12.0. The van der Waals surface area contributed by atoms with Gasteiger partial charge in [0.25, 0.3) is 0 Å². The highest BCUT2D eigenvalue weighted by Crippen LogP contribution is 2.30. The van der Waals surface area contributed by atoms with Crippen LogP contribution in [0.1, 0.15) is 51.2 Å². The predicted octanol–water partition coefficient (Wildman–Crippen LogP) is 4.86. The minimum atomic E-state index is 0.0578. The fraction of sp³-hybridized carbons (Fsp3) is 0.409. The number of rotatable bonds is 8. The second-order valence-electron chi connectivity index (χ2n) is 6.47. The maximum absolute atomic E-state index is 12.7. The highest BCUT2D eigenvalue weighted by atomic mass is 16.5. The molecule has 0 saturated carbocycles. The van der Waals surface area contributed by atoms with Crippen molar-refractivity contribution in [3.05, 3.63) is 65.7 Å². The van der Waals surface area contributed by atoms with Gasteiger partial charge in [-0.15, -0.1) is 0 Å². The van der Waals surface area contributed by atoms with Crippen molar-refractivity contribution in [1.29, 1.82) is 0 Å². The molecule has 134 valence electrons. The standard InChI is InChI=1S/C22H29NO2/c1-5-23(6-2)22(24)16-21(18-10-8-7-9-11-18)19-12-14-20(15-13-19)25-17(3)4/h7-15,17,21H,5-6,16H2,1-4H3/t21-/m1/s1. The molecule has 0 fully saturated rings. The van der Waals surface area contributed by atoms with Crippen LogP contribution in [0.25, 0.3) is 0 Å². The van der Waals surface area contributed by atoms with E-state index < -0.39 is 0 Å². The van der Waals surface area contributed by atoms with Crippen molar-refractivity contribution >= 4 is 5.91 Å². The monoisotopic (exact) mass is 339 g/mol. The molecule has 0 saturated heterocycles. The summed E-state index contributed by atoms with van der Waals surface area (Å²) in [5, 5.41) is 0. The summed E-state index contributed by atoms with van der Waals surface area (Å²) < 4.78 is 5.73. The molecule has 1 atom stereocenters. The van der Waals surface area contributed by atoms with Crippen LogP contribution in [-0.4, -0.2) is 30.0 Å². The molecular formula is C22H29NO2. The lowest BCUT2D eigenvalue weighted by molar-refractivity contribution is -0.131. The number of carbonyl (C=O) groups is 1. The third kappa shape index (κ3) is 5.35. The van der Waals surface area contributed by atoms with Gasteiger partial charge in [0.15, 0.2) is 0 Å². The summed E-state index contributed by atoms with van der Waals surface area (Å²) in [5.41, 5.74) is 2.31. The molecular weight excluding hydrogens is 310 g/mol. The van der Waals surface area contributed by atoms with Gasteiger partial charge in [-0.1, -0.05) is 42.5 Å². The highest BCUT2D eigenvalue weighted by molar-refractivity contribution is 5.77. The molecule has 0 spiro atoms. The van der Waals surface area contributed by atoms with Crippen LogP contribution in [0.2, 0.25) is 0 Å². The molecule has 0 aromatic heterocycles. The van der Waals surface area contributed by atoms with E-state index in [9.17, 15) is 4.79 Å². The second-order valence-corrected chi connectivity index (χ2v) is 6.47. The first kappa shape index (κ1) is 19.0. The van der Waals surface area contributed by atoms with Crippen molar-refractivity contribution in [2.24, 2.45) is 0 Å². The van der Waals surface area contributed by atoms with Gasteiger partial charge in [0.1, 0.15) is 5.75 Å². The number of benzene rings is 2. The van der Waals surface area contributed by atoms with Crippen molar-refractivity contribution in [2.45, 2.75) is 46.1 Å². The summed E-state index contributed by atoms with van der Waals surface area (Å²) in [7, 11) is 0. The Hall–Kier alpha value is -2.29. The lowest BCUT2D eigenvalue weighted by atomic mass is 9.88. The Kier molecular flexibility index (Phi) is 7.05. The zero-order valence-corrected chi connectivity index (χ0v) is 15.7. The number of hydrogen-bond acceptors (Lipinski definition) is 2. The van der Waals surface area contributed by atoms with Crippen molar-refractivity contribution in [2.75, 3.05) is 13.1 Å². The maximum Gasteiger partial charge on any atom is 0.223 e. The fourth-order valence-electron chi connectivity index (χ4n) is 3.04. The van der Waals surface area contributed by atoms with E-state index in [2.05, 4.69) is 24.3 Å². The summed E-state index contributed by atoms with van der Waals surface area (Å²) in [6, 6.07) is 18.4. The smallest absolute Gasteiger partial charge is 0.223 e. The molecule has 2 aromatic carbocycles. The maximum atomic E-state index is 12.7. The lowest BCUT2D eigenvalue weighted by Crippen LogP contribution is -2.31. The molecule has 0 aliphatic heterocycles. The normalized spacial score (nSPS) is 12.0. The van der Waals surface area contributed by atoms with Crippen molar-refractivity contribution in [3.63, 3.8) is 0 Å². The van der Waals surface area contributed by atoms with E-state index in [1.54, 1.807) is 0 Å². The first-order valence-corrected chi connectivity index (χ1v) is 9.14. The molecule has 25 heavy (non-hydrogen) atoms. The molecule has 0 aliphatic carbocycles. The predicted molar refractivity (Wildman–Crippen MR) is 103 cm³/mol. The number of carbonyl (C=O) groups excluding carboxylic acids is 1. The van der Waals surface area contributed by atoms with Crippen molar-refractivity contribution in [1.82, 2.24) is 4.90 Å². The van der Waals surface area contributed by atoms with Crippen molar-refractivity contribution < 1.29 is 9.53 Å². The average molecular weight is 339 g/mol. The second kappa shape index (κ2) is 9.26. The van der Waals surface area contributed by atoms with Gasteiger partial charge in [0.05, 0.1) is 6.10 Å². The van der Waals surface area contributed by atoms with Crippen LogP contribution in [-0.2, 0) is 4.79 Å². The Morgan fingerprint density at radius 1 is 0.920 bits per heavy atom. The van der Waals surface area contributed by atoms with Gasteiger partial charge in [-0.3, -0.25) is 4.79 Å². The van der Waals surface area contributed by atoms with Gasteiger partial charge in [-0.25, -0.2) is 0 Å². The van der Waals surface area contributed by atoms with E-state index in [0.717, 1.165) is 24.4 Å². The summed E-state index contributed by atoms with van der Waals surface area (Å²) in [6.45, 7) is 9.58. The van der Waals surface area contributed by atoms with Crippen LogP contribution in [0.4, 0.5) is 0 Å². The van der Waals surface area contributed by atoms with E-state index in [1.165, 1.54) is 5.56 Å². The minimum Gasteiger partial charge on any atom is -0.491 e. The zero-order chi connectivity index (χ0) is 18.2. The summed E-state index contributed by atoms with van der Waals surface area (Å²) in [6.07, 6.45) is 0.635. The van der Waals surface area contributed by atoms with Gasteiger partial charge in [-0.05, 0) is 51.0 Å².